The molecule has 206 valence electrons. The summed E-state index contributed by atoms with van der Waals surface area (Å²) in [6.07, 6.45) is 21.6. The third-order valence-corrected chi connectivity index (χ3v) is 11.7. The van der Waals surface area contributed by atoms with Crippen molar-refractivity contribution in [3.63, 3.8) is 0 Å². The number of aryl methyl sites for hydroxylation is 1. The minimum atomic E-state index is -0.0644. The molecule has 37 heavy (non-hydrogen) atoms. The minimum absolute atomic E-state index is 0.0570. The average molecular weight is 509 g/mol. The summed E-state index contributed by atoms with van der Waals surface area (Å²) in [5.74, 6) is 5.13. The van der Waals surface area contributed by atoms with Crippen LogP contribution in [0.4, 0.5) is 0 Å². The molecule has 0 aliphatic heterocycles. The lowest BCUT2D eigenvalue weighted by atomic mass is 9.47. The number of ether oxygens (including phenoxy) is 1. The van der Waals surface area contributed by atoms with E-state index in [9.17, 15) is 4.79 Å². The maximum Gasteiger partial charge on any atom is 0.306 e. The van der Waals surface area contributed by atoms with Crippen LogP contribution in [0.25, 0.3) is 0 Å². The fourth-order valence-corrected chi connectivity index (χ4v) is 9.66. The van der Waals surface area contributed by atoms with Gasteiger partial charge in [-0.2, -0.15) is 0 Å². The Morgan fingerprint density at radius 2 is 1.95 bits per heavy atom. The molecule has 1 N–H and O–H groups in total. The fourth-order valence-electron chi connectivity index (χ4n) is 9.66. The Labute approximate surface area is 225 Å². The van der Waals surface area contributed by atoms with Gasteiger partial charge in [-0.05, 0) is 97.7 Å². The van der Waals surface area contributed by atoms with E-state index in [-0.39, 0.29) is 12.1 Å². The summed E-state index contributed by atoms with van der Waals surface area (Å²) in [6.45, 7) is 12.6. The van der Waals surface area contributed by atoms with Crippen LogP contribution in [0.1, 0.15) is 117 Å². The highest BCUT2D eigenvalue weighted by Gasteiger charge is 2.59. The fraction of sp³-hybridized carbons (Fsp3) is 0.818. The molecule has 4 nitrogen and oxygen atoms in total. The molecule has 0 saturated heterocycles. The molecule has 0 spiro atoms. The van der Waals surface area contributed by atoms with Gasteiger partial charge in [0, 0.05) is 18.3 Å². The van der Waals surface area contributed by atoms with E-state index in [0.717, 1.165) is 54.0 Å². The lowest BCUT2D eigenvalue weighted by Gasteiger charge is -2.58. The van der Waals surface area contributed by atoms with Crippen molar-refractivity contribution in [3.8, 4) is 0 Å². The summed E-state index contributed by atoms with van der Waals surface area (Å²) < 4.78 is 5.98. The number of hydrogen-bond donors (Lipinski definition) is 1. The molecule has 4 aliphatic rings. The van der Waals surface area contributed by atoms with Gasteiger partial charge in [-0.15, -0.1) is 0 Å². The van der Waals surface area contributed by atoms with Gasteiger partial charge in [-0.25, -0.2) is 4.98 Å². The van der Waals surface area contributed by atoms with E-state index < -0.39 is 0 Å². The number of carbonyl (C=O) groups excluding carboxylic acids is 1. The lowest BCUT2D eigenvalue weighted by Crippen LogP contribution is -2.51. The predicted molar refractivity (Wildman–Crippen MR) is 150 cm³/mol. The molecule has 1 aromatic rings. The van der Waals surface area contributed by atoms with Crippen LogP contribution in [-0.4, -0.2) is 22.0 Å². The Morgan fingerprint density at radius 1 is 1.11 bits per heavy atom. The highest BCUT2D eigenvalue weighted by molar-refractivity contribution is 5.69. The number of imidazole rings is 1. The molecule has 0 bridgehead atoms. The smallest absolute Gasteiger partial charge is 0.306 e. The van der Waals surface area contributed by atoms with Gasteiger partial charge in [0.2, 0.25) is 0 Å². The summed E-state index contributed by atoms with van der Waals surface area (Å²) in [6, 6.07) is 0. The van der Waals surface area contributed by atoms with Crippen LogP contribution in [0.2, 0.25) is 0 Å². The van der Waals surface area contributed by atoms with Gasteiger partial charge < -0.3 is 9.72 Å². The van der Waals surface area contributed by atoms with Gasteiger partial charge in [0.1, 0.15) is 6.10 Å². The summed E-state index contributed by atoms with van der Waals surface area (Å²) in [4.78, 5) is 19.7. The summed E-state index contributed by atoms with van der Waals surface area (Å²) in [5, 5.41) is 0. The molecule has 8 atom stereocenters. The van der Waals surface area contributed by atoms with Gasteiger partial charge in [0.15, 0.2) is 0 Å². The number of esters is 1. The normalized spacial score (nSPS) is 37.9. The van der Waals surface area contributed by atoms with Crippen molar-refractivity contribution >= 4 is 5.97 Å². The summed E-state index contributed by atoms with van der Waals surface area (Å²) in [7, 11) is 0. The maximum absolute atomic E-state index is 12.5. The van der Waals surface area contributed by atoms with E-state index in [0.29, 0.717) is 23.7 Å². The first-order valence-electron chi connectivity index (χ1n) is 15.6. The third-order valence-electron chi connectivity index (χ3n) is 11.7. The van der Waals surface area contributed by atoms with E-state index in [4.69, 9.17) is 4.74 Å². The molecule has 5 rings (SSSR count). The lowest BCUT2D eigenvalue weighted by molar-refractivity contribution is -0.151. The zero-order valence-electron chi connectivity index (χ0n) is 24.2. The second-order valence-corrected chi connectivity index (χ2v) is 14.2. The third kappa shape index (κ3) is 5.33. The first-order chi connectivity index (χ1) is 17.7. The van der Waals surface area contributed by atoms with E-state index >= 15 is 0 Å². The van der Waals surface area contributed by atoms with E-state index in [1.54, 1.807) is 18.1 Å². The van der Waals surface area contributed by atoms with Gasteiger partial charge in [-0.3, -0.25) is 4.79 Å². The van der Waals surface area contributed by atoms with Crippen LogP contribution in [0, 0.1) is 46.3 Å². The van der Waals surface area contributed by atoms with Crippen LogP contribution in [-0.2, 0) is 16.0 Å². The van der Waals surface area contributed by atoms with Crippen LogP contribution in [0.15, 0.2) is 24.2 Å². The number of nitrogens with zero attached hydrogens (tertiary/aromatic N) is 1. The summed E-state index contributed by atoms with van der Waals surface area (Å²) >= 11 is 0. The molecule has 1 aromatic heterocycles. The van der Waals surface area contributed by atoms with Crippen molar-refractivity contribution in [2.75, 3.05) is 0 Å². The number of carbonyl (C=O) groups is 1. The maximum atomic E-state index is 12.5. The highest BCUT2D eigenvalue weighted by Crippen LogP contribution is 2.67. The average Bonchev–Trinajstić information content (AvgIpc) is 3.50. The number of fused-ring (bicyclic) bond motifs is 5. The van der Waals surface area contributed by atoms with Gasteiger partial charge >= 0.3 is 5.97 Å². The SMILES string of the molecule is CC(C)CCC[C@@H](C)[C@H]1CC[C@H]2[C@@H]3CC=C4CC(OC(=O)CCc5cnc[nH]5)CC[C@]4(C)[C@H]3CC[C@]12C. The first-order valence-corrected chi connectivity index (χ1v) is 15.6. The minimum Gasteiger partial charge on any atom is -0.462 e. The zero-order valence-corrected chi connectivity index (χ0v) is 24.2. The van der Waals surface area contributed by atoms with Crippen LogP contribution in [0.5, 0.6) is 0 Å². The molecule has 4 heteroatoms. The van der Waals surface area contributed by atoms with Gasteiger partial charge in [-0.1, -0.05) is 65.5 Å². The number of aromatic nitrogens is 2. The molecule has 3 saturated carbocycles. The van der Waals surface area contributed by atoms with Gasteiger partial charge in [0.05, 0.1) is 12.7 Å². The second-order valence-electron chi connectivity index (χ2n) is 14.2. The molecular weight excluding hydrogens is 456 g/mol. The van der Waals surface area contributed by atoms with E-state index in [1.807, 2.05) is 0 Å². The van der Waals surface area contributed by atoms with E-state index in [1.165, 1.54) is 57.8 Å². The van der Waals surface area contributed by atoms with Crippen molar-refractivity contribution in [1.29, 1.82) is 0 Å². The molecule has 3 fully saturated rings. The number of hydrogen-bond acceptors (Lipinski definition) is 3. The van der Waals surface area contributed by atoms with Crippen LogP contribution < -0.4 is 0 Å². The Kier molecular flexibility index (Phi) is 7.95. The van der Waals surface area contributed by atoms with Crippen molar-refractivity contribution in [1.82, 2.24) is 9.97 Å². The molecule has 4 aliphatic carbocycles. The number of rotatable bonds is 9. The number of allylic oxidation sites excluding steroid dienone is 1. The Balaban J connectivity index is 1.20. The largest absolute Gasteiger partial charge is 0.462 e. The molecule has 1 unspecified atom stereocenters. The molecule has 0 amide bonds. The number of nitrogens with one attached hydrogen (secondary N) is 1. The van der Waals surface area contributed by atoms with Crippen LogP contribution >= 0.6 is 0 Å². The first kappa shape index (κ1) is 27.0. The monoisotopic (exact) mass is 508 g/mol. The number of H-pyrrole nitrogens is 1. The highest BCUT2D eigenvalue weighted by atomic mass is 16.5. The quantitative estimate of drug-likeness (QED) is 0.270. The Morgan fingerprint density at radius 3 is 2.70 bits per heavy atom. The van der Waals surface area contributed by atoms with Crippen LogP contribution in [0.3, 0.4) is 0 Å². The second kappa shape index (κ2) is 10.9. The Hall–Kier alpha value is -1.58. The predicted octanol–water partition coefficient (Wildman–Crippen LogP) is 8.30. The van der Waals surface area contributed by atoms with Crippen molar-refractivity contribution in [2.45, 2.75) is 124 Å². The van der Waals surface area contributed by atoms with Crippen molar-refractivity contribution in [2.24, 2.45) is 46.3 Å². The molecule has 0 aromatic carbocycles. The standard InChI is InChI=1S/C33H52N2O2/c1-22(2)7-6-8-23(3)28-12-13-29-27-11-9-24-19-26(37-31(36)14-10-25-20-34-21-35-25)15-17-32(24,4)30(27)16-18-33(28,29)5/h9,20-23,26-30H,6-8,10-19H2,1-5H3,(H,34,35)/t23-,26?,27+,28-,29+,30+,32+,33-/m1/s1. The van der Waals surface area contributed by atoms with Crippen molar-refractivity contribution < 1.29 is 9.53 Å². The van der Waals surface area contributed by atoms with Gasteiger partial charge in [0.25, 0.3) is 0 Å². The number of aromatic amines is 1. The van der Waals surface area contributed by atoms with Crippen molar-refractivity contribution in [3.05, 3.63) is 29.9 Å². The molecule has 1 heterocycles. The molecular formula is C33H52N2O2. The topological polar surface area (TPSA) is 55.0 Å². The zero-order chi connectivity index (χ0) is 26.2. The van der Waals surface area contributed by atoms with E-state index in [2.05, 4.69) is 50.7 Å². The summed E-state index contributed by atoms with van der Waals surface area (Å²) in [5.41, 5.74) is 3.45. The Bertz CT molecular complexity index is 952. The molecule has 0 radical (unpaired) electrons.